The van der Waals surface area contributed by atoms with E-state index in [0.717, 1.165) is 16.9 Å². The van der Waals surface area contributed by atoms with Crippen LogP contribution in [-0.4, -0.2) is 32.9 Å². The molecular weight excluding hydrogens is 308 g/mol. The highest BCUT2D eigenvalue weighted by molar-refractivity contribution is 7.99. The van der Waals surface area contributed by atoms with Crippen LogP contribution in [0.5, 0.6) is 0 Å². The molecule has 0 bridgehead atoms. The van der Waals surface area contributed by atoms with Crippen molar-refractivity contribution in [2.45, 2.75) is 42.9 Å². The number of aromatic nitrogens is 2. The zero-order valence-corrected chi connectivity index (χ0v) is 14.0. The summed E-state index contributed by atoms with van der Waals surface area (Å²) in [6, 6.07) is 7.82. The Hall–Kier alpha value is -1.05. The summed E-state index contributed by atoms with van der Waals surface area (Å²) >= 11 is 1.62. The first-order valence-electron chi connectivity index (χ1n) is 6.71. The van der Waals surface area contributed by atoms with Crippen molar-refractivity contribution >= 4 is 32.9 Å². The molecule has 0 amide bonds. The zero-order chi connectivity index (χ0) is 15.7. The third-order valence-corrected chi connectivity index (χ3v) is 6.16. The minimum atomic E-state index is -4.04. The maximum Gasteiger partial charge on any atom is 0.270 e. The van der Waals surface area contributed by atoms with Crippen LogP contribution in [0.25, 0.3) is 11.0 Å². The fraction of sp³-hybridized carbons (Fsp3) is 0.500. The van der Waals surface area contributed by atoms with Crippen LogP contribution in [0, 0.1) is 0 Å². The van der Waals surface area contributed by atoms with Gasteiger partial charge in [-0.3, -0.25) is 4.55 Å². The molecule has 1 atom stereocenters. The number of imidazole rings is 1. The number of hydrogen-bond donors (Lipinski definition) is 2. The Morgan fingerprint density at radius 2 is 2.05 bits per heavy atom. The van der Waals surface area contributed by atoms with E-state index in [1.807, 2.05) is 31.2 Å². The Morgan fingerprint density at radius 3 is 2.67 bits per heavy atom. The molecule has 1 unspecified atom stereocenters. The molecule has 1 heterocycles. The number of hydrogen-bond acceptors (Lipinski definition) is 4. The standard InChI is InChI=1S/C14H20N2O3S2/c1-10(8-14(2,3)21(17,18)19)20-9-13-15-11-6-4-5-7-12(11)16-13/h4-7,10H,8-9H2,1-3H3,(H,15,16)(H,17,18,19). The lowest BCUT2D eigenvalue weighted by atomic mass is 10.1. The second-order valence-electron chi connectivity index (χ2n) is 5.76. The Bertz CT molecular complexity index is 690. The van der Waals surface area contributed by atoms with Gasteiger partial charge in [-0.25, -0.2) is 4.98 Å². The summed E-state index contributed by atoms with van der Waals surface area (Å²) in [7, 11) is -4.04. The predicted molar refractivity (Wildman–Crippen MR) is 87.1 cm³/mol. The van der Waals surface area contributed by atoms with E-state index in [1.165, 1.54) is 0 Å². The molecule has 0 fully saturated rings. The number of H-pyrrole nitrogens is 1. The smallest absolute Gasteiger partial charge is 0.270 e. The average molecular weight is 328 g/mol. The monoisotopic (exact) mass is 328 g/mol. The molecule has 0 saturated carbocycles. The molecule has 5 nitrogen and oxygen atoms in total. The summed E-state index contributed by atoms with van der Waals surface area (Å²) in [4.78, 5) is 7.73. The second-order valence-corrected chi connectivity index (χ2v) is 9.24. The van der Waals surface area contributed by atoms with Gasteiger partial charge in [-0.15, -0.1) is 0 Å². The van der Waals surface area contributed by atoms with Gasteiger partial charge in [-0.1, -0.05) is 19.1 Å². The number of thioether (sulfide) groups is 1. The van der Waals surface area contributed by atoms with Crippen molar-refractivity contribution in [2.75, 3.05) is 0 Å². The first kappa shape index (κ1) is 16.3. The van der Waals surface area contributed by atoms with Crippen LogP contribution in [0.15, 0.2) is 24.3 Å². The number of aromatic amines is 1. The molecule has 2 aromatic rings. The number of nitrogens with zero attached hydrogens (tertiary/aromatic N) is 1. The normalized spacial score (nSPS) is 14.5. The third kappa shape index (κ3) is 3.99. The molecule has 21 heavy (non-hydrogen) atoms. The number of fused-ring (bicyclic) bond motifs is 1. The Labute approximate surface area is 129 Å². The van der Waals surface area contributed by atoms with Crippen LogP contribution >= 0.6 is 11.8 Å². The lowest BCUT2D eigenvalue weighted by Gasteiger charge is -2.24. The van der Waals surface area contributed by atoms with Crippen LogP contribution in [0.4, 0.5) is 0 Å². The van der Waals surface area contributed by atoms with E-state index in [-0.39, 0.29) is 5.25 Å². The van der Waals surface area contributed by atoms with Crippen LogP contribution in [0.3, 0.4) is 0 Å². The molecule has 0 saturated heterocycles. The molecule has 116 valence electrons. The summed E-state index contributed by atoms with van der Waals surface area (Å²) in [5.74, 6) is 1.55. The molecule has 0 aliphatic carbocycles. The van der Waals surface area contributed by atoms with E-state index in [4.69, 9.17) is 0 Å². The molecule has 0 aliphatic rings. The van der Waals surface area contributed by atoms with Crippen LogP contribution in [-0.2, 0) is 15.9 Å². The number of nitrogens with one attached hydrogen (secondary N) is 1. The van der Waals surface area contributed by atoms with Gasteiger partial charge >= 0.3 is 0 Å². The Balaban J connectivity index is 1.96. The van der Waals surface area contributed by atoms with Gasteiger partial charge < -0.3 is 4.98 Å². The molecule has 1 aromatic heterocycles. The minimum Gasteiger partial charge on any atom is -0.341 e. The Morgan fingerprint density at radius 1 is 1.38 bits per heavy atom. The maximum absolute atomic E-state index is 11.3. The van der Waals surface area contributed by atoms with Crippen molar-refractivity contribution in [3.05, 3.63) is 30.1 Å². The summed E-state index contributed by atoms with van der Waals surface area (Å²) < 4.78 is 30.7. The molecule has 1 aromatic carbocycles. The van der Waals surface area contributed by atoms with Crippen LogP contribution in [0.2, 0.25) is 0 Å². The summed E-state index contributed by atoms with van der Waals surface area (Å²) in [6.45, 7) is 5.04. The summed E-state index contributed by atoms with van der Waals surface area (Å²) in [5.41, 5.74) is 1.93. The first-order chi connectivity index (χ1) is 9.69. The fourth-order valence-corrected chi connectivity index (χ4v) is 3.83. The zero-order valence-electron chi connectivity index (χ0n) is 12.3. The van der Waals surface area contributed by atoms with E-state index in [9.17, 15) is 13.0 Å². The molecule has 0 aliphatic heterocycles. The van der Waals surface area contributed by atoms with E-state index < -0.39 is 14.9 Å². The lowest BCUT2D eigenvalue weighted by Crippen LogP contribution is -2.34. The van der Waals surface area contributed by atoms with Crippen LogP contribution < -0.4 is 0 Å². The number of rotatable bonds is 6. The van der Waals surface area contributed by atoms with Gasteiger partial charge in [-0.05, 0) is 32.4 Å². The first-order valence-corrected chi connectivity index (χ1v) is 9.20. The van der Waals surface area contributed by atoms with Gasteiger partial charge in [0.2, 0.25) is 0 Å². The highest BCUT2D eigenvalue weighted by Crippen LogP contribution is 2.29. The van der Waals surface area contributed by atoms with Gasteiger partial charge in [-0.2, -0.15) is 20.2 Å². The van der Waals surface area contributed by atoms with E-state index in [2.05, 4.69) is 9.97 Å². The van der Waals surface area contributed by atoms with Gasteiger partial charge in [0.05, 0.1) is 21.5 Å². The van der Waals surface area contributed by atoms with Gasteiger partial charge in [0.15, 0.2) is 0 Å². The average Bonchev–Trinajstić information content (AvgIpc) is 2.77. The van der Waals surface area contributed by atoms with Gasteiger partial charge in [0.1, 0.15) is 5.82 Å². The summed E-state index contributed by atoms with van der Waals surface area (Å²) in [5, 5.41) is 0.0927. The third-order valence-electron chi connectivity index (χ3n) is 3.42. The fourth-order valence-electron chi connectivity index (χ4n) is 2.15. The predicted octanol–water partition coefficient (Wildman–Crippen LogP) is 3.24. The van der Waals surface area contributed by atoms with Crippen molar-refractivity contribution in [2.24, 2.45) is 0 Å². The molecule has 2 rings (SSSR count). The summed E-state index contributed by atoms with van der Waals surface area (Å²) in [6.07, 6.45) is 0.386. The van der Waals surface area contributed by atoms with Crippen molar-refractivity contribution in [1.29, 1.82) is 0 Å². The molecular formula is C14H20N2O3S2. The highest BCUT2D eigenvalue weighted by Gasteiger charge is 2.34. The lowest BCUT2D eigenvalue weighted by molar-refractivity contribution is 0.431. The van der Waals surface area contributed by atoms with E-state index in [0.29, 0.717) is 12.2 Å². The maximum atomic E-state index is 11.3. The van der Waals surface area contributed by atoms with E-state index in [1.54, 1.807) is 25.6 Å². The van der Waals surface area contributed by atoms with E-state index >= 15 is 0 Å². The topological polar surface area (TPSA) is 83.1 Å². The van der Waals surface area contributed by atoms with Crippen molar-refractivity contribution in [3.8, 4) is 0 Å². The van der Waals surface area contributed by atoms with Crippen molar-refractivity contribution in [3.63, 3.8) is 0 Å². The highest BCUT2D eigenvalue weighted by atomic mass is 32.2. The van der Waals surface area contributed by atoms with Crippen LogP contribution in [0.1, 0.15) is 33.0 Å². The molecule has 0 spiro atoms. The largest absolute Gasteiger partial charge is 0.341 e. The number of para-hydroxylation sites is 2. The Kier molecular flexibility index (Phi) is 4.65. The van der Waals surface area contributed by atoms with Crippen molar-refractivity contribution < 1.29 is 13.0 Å². The number of benzene rings is 1. The quantitative estimate of drug-likeness (QED) is 0.795. The van der Waals surface area contributed by atoms with Crippen molar-refractivity contribution in [1.82, 2.24) is 9.97 Å². The second kappa shape index (κ2) is 5.98. The van der Waals surface area contributed by atoms with Gasteiger partial charge in [0, 0.05) is 5.25 Å². The molecule has 0 radical (unpaired) electrons. The van der Waals surface area contributed by atoms with Gasteiger partial charge in [0.25, 0.3) is 10.1 Å². The molecule has 2 N–H and O–H groups in total. The minimum absolute atomic E-state index is 0.0927. The molecule has 7 heteroatoms. The SMILES string of the molecule is CC(CC(C)(C)S(=O)(=O)O)SCc1nc2ccccc2[nH]1.